The van der Waals surface area contributed by atoms with Gasteiger partial charge in [-0.05, 0) is 18.1 Å². The molecule has 0 aliphatic rings. The van der Waals surface area contributed by atoms with Crippen molar-refractivity contribution in [2.45, 2.75) is 12.5 Å². The van der Waals surface area contributed by atoms with Crippen LogP contribution in [0, 0.1) is 0 Å². The van der Waals surface area contributed by atoms with E-state index in [1.165, 1.54) is 0 Å². The highest BCUT2D eigenvalue weighted by molar-refractivity contribution is 6.31. The molecule has 5 heteroatoms. The first-order chi connectivity index (χ1) is 7.27. The molecule has 3 N–H and O–H groups in total. The largest absolute Gasteiger partial charge is 0.322 e. The van der Waals surface area contributed by atoms with E-state index in [1.54, 1.807) is 6.20 Å². The van der Waals surface area contributed by atoms with E-state index < -0.39 is 0 Å². The van der Waals surface area contributed by atoms with Gasteiger partial charge in [0.05, 0.1) is 17.9 Å². The zero-order chi connectivity index (χ0) is 10.7. The molecular weight excluding hydrogens is 212 g/mol. The van der Waals surface area contributed by atoms with Gasteiger partial charge in [0, 0.05) is 5.02 Å². The molecule has 0 radical (unpaired) electrons. The molecule has 1 aromatic carbocycles. The maximum Gasteiger partial charge on any atom is 0.0995 e. The smallest absolute Gasteiger partial charge is 0.0995 e. The van der Waals surface area contributed by atoms with Crippen LogP contribution in [-0.2, 0) is 6.42 Å². The monoisotopic (exact) mass is 222 g/mol. The zero-order valence-electron chi connectivity index (χ0n) is 8.02. The molecule has 1 heterocycles. The minimum atomic E-state index is -0.177. The van der Waals surface area contributed by atoms with Gasteiger partial charge in [-0.25, -0.2) is 0 Å². The lowest BCUT2D eigenvalue weighted by Crippen LogP contribution is -2.14. The SMILES string of the molecule is NC(Cc1ccccc1Cl)c1cn[nH]n1. The third-order valence-electron chi connectivity index (χ3n) is 2.21. The lowest BCUT2D eigenvalue weighted by molar-refractivity contribution is 0.691. The van der Waals surface area contributed by atoms with Gasteiger partial charge in [-0.3, -0.25) is 0 Å². The summed E-state index contributed by atoms with van der Waals surface area (Å²) in [6.45, 7) is 0. The molecule has 0 saturated carbocycles. The Morgan fingerprint density at radius 1 is 1.40 bits per heavy atom. The summed E-state index contributed by atoms with van der Waals surface area (Å²) in [5.74, 6) is 0. The van der Waals surface area contributed by atoms with E-state index >= 15 is 0 Å². The van der Waals surface area contributed by atoms with Crippen molar-refractivity contribution >= 4 is 11.6 Å². The van der Waals surface area contributed by atoms with Gasteiger partial charge in [-0.1, -0.05) is 29.8 Å². The van der Waals surface area contributed by atoms with Gasteiger partial charge >= 0.3 is 0 Å². The number of nitrogens with zero attached hydrogens (tertiary/aromatic N) is 2. The first kappa shape index (κ1) is 10.1. The molecule has 1 unspecified atom stereocenters. The molecule has 0 bridgehead atoms. The molecule has 0 spiro atoms. The Hall–Kier alpha value is -1.39. The molecule has 1 aromatic heterocycles. The van der Waals surface area contributed by atoms with Gasteiger partial charge in [0.2, 0.25) is 0 Å². The molecular formula is C10H11ClN4. The number of rotatable bonds is 3. The number of hydrogen-bond donors (Lipinski definition) is 2. The molecule has 78 valence electrons. The third-order valence-corrected chi connectivity index (χ3v) is 2.58. The van der Waals surface area contributed by atoms with Crippen LogP contribution in [0.3, 0.4) is 0 Å². The molecule has 15 heavy (non-hydrogen) atoms. The fraction of sp³-hybridized carbons (Fsp3) is 0.200. The minimum absolute atomic E-state index is 0.177. The summed E-state index contributed by atoms with van der Waals surface area (Å²) in [6, 6.07) is 7.47. The molecule has 0 fully saturated rings. The summed E-state index contributed by atoms with van der Waals surface area (Å²) >= 11 is 6.03. The quantitative estimate of drug-likeness (QED) is 0.831. The number of nitrogens with one attached hydrogen (secondary N) is 1. The number of H-pyrrole nitrogens is 1. The lowest BCUT2D eigenvalue weighted by atomic mass is 10.0. The van der Waals surface area contributed by atoms with Crippen LogP contribution in [0.5, 0.6) is 0 Å². The number of nitrogens with two attached hydrogens (primary N) is 1. The first-order valence-electron chi connectivity index (χ1n) is 4.62. The van der Waals surface area contributed by atoms with Gasteiger partial charge in [0.15, 0.2) is 0 Å². The number of benzene rings is 1. The van der Waals surface area contributed by atoms with Crippen LogP contribution < -0.4 is 5.73 Å². The molecule has 1 atom stereocenters. The fourth-order valence-corrected chi connectivity index (χ4v) is 1.61. The standard InChI is InChI=1S/C10H11ClN4/c11-8-4-2-1-3-7(8)5-9(12)10-6-13-15-14-10/h1-4,6,9H,5,12H2,(H,13,14,15). The summed E-state index contributed by atoms with van der Waals surface area (Å²) < 4.78 is 0. The lowest BCUT2D eigenvalue weighted by Gasteiger charge is -2.09. The Balaban J connectivity index is 2.13. The van der Waals surface area contributed by atoms with Gasteiger partial charge in [-0.2, -0.15) is 15.4 Å². The second kappa shape index (κ2) is 4.42. The van der Waals surface area contributed by atoms with Gasteiger partial charge in [-0.15, -0.1) is 0 Å². The summed E-state index contributed by atoms with van der Waals surface area (Å²) in [6.07, 6.45) is 2.29. The van der Waals surface area contributed by atoms with E-state index in [2.05, 4.69) is 15.4 Å². The molecule has 4 nitrogen and oxygen atoms in total. The number of aromatic nitrogens is 3. The van der Waals surface area contributed by atoms with Crippen LogP contribution in [0.4, 0.5) is 0 Å². The predicted molar refractivity (Wildman–Crippen MR) is 58.5 cm³/mol. The maximum absolute atomic E-state index is 6.03. The van der Waals surface area contributed by atoms with Crippen molar-refractivity contribution in [3.8, 4) is 0 Å². The summed E-state index contributed by atoms with van der Waals surface area (Å²) in [4.78, 5) is 0. The Bertz CT molecular complexity index is 427. The first-order valence-corrected chi connectivity index (χ1v) is 5.00. The van der Waals surface area contributed by atoms with Crippen LogP contribution in [-0.4, -0.2) is 15.4 Å². The van der Waals surface area contributed by atoms with Crippen molar-refractivity contribution in [1.29, 1.82) is 0 Å². The molecule has 2 rings (SSSR count). The van der Waals surface area contributed by atoms with Crippen molar-refractivity contribution in [3.63, 3.8) is 0 Å². The van der Waals surface area contributed by atoms with Gasteiger partial charge < -0.3 is 5.73 Å². The second-order valence-electron chi connectivity index (χ2n) is 3.30. The molecule has 0 saturated heterocycles. The van der Waals surface area contributed by atoms with Crippen LogP contribution in [0.2, 0.25) is 5.02 Å². The van der Waals surface area contributed by atoms with Crippen LogP contribution in [0.1, 0.15) is 17.3 Å². The van der Waals surface area contributed by atoms with Gasteiger partial charge in [0.1, 0.15) is 0 Å². The second-order valence-corrected chi connectivity index (χ2v) is 3.70. The molecule has 0 aliphatic heterocycles. The highest BCUT2D eigenvalue weighted by Crippen LogP contribution is 2.20. The Morgan fingerprint density at radius 3 is 2.87 bits per heavy atom. The number of hydrogen-bond acceptors (Lipinski definition) is 3. The van der Waals surface area contributed by atoms with Crippen molar-refractivity contribution in [3.05, 3.63) is 46.7 Å². The van der Waals surface area contributed by atoms with Gasteiger partial charge in [0.25, 0.3) is 0 Å². The Labute approximate surface area is 92.4 Å². The van der Waals surface area contributed by atoms with E-state index in [9.17, 15) is 0 Å². The predicted octanol–water partition coefficient (Wildman–Crippen LogP) is 1.70. The van der Waals surface area contributed by atoms with Crippen LogP contribution >= 0.6 is 11.6 Å². The number of aromatic amines is 1. The van der Waals surface area contributed by atoms with E-state index in [0.29, 0.717) is 6.42 Å². The normalized spacial score (nSPS) is 12.7. The van der Waals surface area contributed by atoms with Crippen molar-refractivity contribution in [2.24, 2.45) is 5.73 Å². The van der Waals surface area contributed by atoms with E-state index in [-0.39, 0.29) is 6.04 Å². The maximum atomic E-state index is 6.03. The summed E-state index contributed by atoms with van der Waals surface area (Å²) in [5, 5.41) is 10.9. The third kappa shape index (κ3) is 2.34. The van der Waals surface area contributed by atoms with E-state index in [1.807, 2.05) is 24.3 Å². The zero-order valence-corrected chi connectivity index (χ0v) is 8.78. The van der Waals surface area contributed by atoms with Crippen LogP contribution in [0.25, 0.3) is 0 Å². The average Bonchev–Trinajstić information content (AvgIpc) is 2.74. The van der Waals surface area contributed by atoms with Crippen molar-refractivity contribution < 1.29 is 0 Å². The van der Waals surface area contributed by atoms with Crippen molar-refractivity contribution in [2.75, 3.05) is 0 Å². The topological polar surface area (TPSA) is 67.6 Å². The highest BCUT2D eigenvalue weighted by atomic mass is 35.5. The van der Waals surface area contributed by atoms with E-state index in [0.717, 1.165) is 16.3 Å². The molecule has 0 amide bonds. The van der Waals surface area contributed by atoms with Crippen molar-refractivity contribution in [1.82, 2.24) is 15.4 Å². The van der Waals surface area contributed by atoms with E-state index in [4.69, 9.17) is 17.3 Å². The molecule has 0 aliphatic carbocycles. The Kier molecular flexibility index (Phi) is 2.99. The average molecular weight is 223 g/mol. The fourth-order valence-electron chi connectivity index (χ4n) is 1.39. The van der Waals surface area contributed by atoms with Crippen LogP contribution in [0.15, 0.2) is 30.5 Å². The summed E-state index contributed by atoms with van der Waals surface area (Å²) in [5.41, 5.74) is 7.73. The Morgan fingerprint density at radius 2 is 2.20 bits per heavy atom. The summed E-state index contributed by atoms with van der Waals surface area (Å²) in [7, 11) is 0. The molecule has 2 aromatic rings. The minimum Gasteiger partial charge on any atom is -0.322 e. The highest BCUT2D eigenvalue weighted by Gasteiger charge is 2.11. The number of halogens is 1.